The van der Waals surface area contributed by atoms with Crippen LogP contribution in [0.25, 0.3) is 0 Å². The van der Waals surface area contributed by atoms with Crippen LogP contribution in [0.1, 0.15) is 0 Å². The second kappa shape index (κ2) is 1.34. The van der Waals surface area contributed by atoms with Crippen LogP contribution in [-0.2, 0) is 0 Å². The average Bonchev–Trinajstić information content (AvgIpc) is 1.76. The maximum absolute atomic E-state index is 2.92. The zero-order valence-electron chi connectivity index (χ0n) is 2.94. The molecule has 0 bridgehead atoms. The summed E-state index contributed by atoms with van der Waals surface area (Å²) in [6, 6.07) is 0. The summed E-state index contributed by atoms with van der Waals surface area (Å²) in [5.41, 5.74) is 0. The summed E-state index contributed by atoms with van der Waals surface area (Å²) in [6.07, 6.45) is 3.08. The van der Waals surface area contributed by atoms with Crippen LogP contribution in [0, 0.1) is 5.98 Å². The van der Waals surface area contributed by atoms with Crippen molar-refractivity contribution in [2.75, 3.05) is 0 Å². The van der Waals surface area contributed by atoms with Crippen molar-refractivity contribution in [1.82, 2.24) is 0 Å². The Labute approximate surface area is 33.0 Å². The Bertz CT molecular complexity index is 63.0. The molecule has 1 rings (SSSR count). The molecule has 0 aromatic heterocycles. The van der Waals surface area contributed by atoms with E-state index in [-0.39, 0.29) is 0 Å². The van der Waals surface area contributed by atoms with E-state index in [1.165, 1.54) is 0 Å². The van der Waals surface area contributed by atoms with E-state index in [1.54, 1.807) is 0 Å². The molecule has 1 radical (unpaired) electrons. The third-order valence-corrected chi connectivity index (χ3v) is 0.586. The Balaban J connectivity index is 2.61. The van der Waals surface area contributed by atoms with Gasteiger partial charge in [-0.3, -0.25) is 0 Å². The van der Waals surface area contributed by atoms with Crippen LogP contribution in [0.3, 0.4) is 0 Å². The summed E-state index contributed by atoms with van der Waals surface area (Å²) in [5.74, 6) is 2.92. The van der Waals surface area contributed by atoms with Gasteiger partial charge in [-0.25, -0.2) is 0 Å². The maximum atomic E-state index is 2.92. The first-order valence-electron chi connectivity index (χ1n) is 1.73. The van der Waals surface area contributed by atoms with Gasteiger partial charge in [-0.15, -0.1) is 0 Å². The van der Waals surface area contributed by atoms with Crippen LogP contribution in [0.15, 0.2) is 6.08 Å². The standard InChI is InChI=1S/C3H3B2/c1-2-4-5-3-1/h1H,2H2. The SMILES string of the molecule is B1=BCC=[C]1. The van der Waals surface area contributed by atoms with Gasteiger partial charge < -0.3 is 0 Å². The van der Waals surface area contributed by atoms with Gasteiger partial charge >= 0.3 is 32.0 Å². The van der Waals surface area contributed by atoms with Crippen LogP contribution in [0.2, 0.25) is 6.32 Å². The van der Waals surface area contributed by atoms with Gasteiger partial charge in [0.25, 0.3) is 0 Å². The predicted molar refractivity (Wildman–Crippen MR) is 24.1 cm³/mol. The summed E-state index contributed by atoms with van der Waals surface area (Å²) < 4.78 is 0. The molecule has 0 fully saturated rings. The van der Waals surface area contributed by atoms with Gasteiger partial charge in [-0.2, -0.15) is 0 Å². The van der Waals surface area contributed by atoms with Gasteiger partial charge in [0.05, 0.1) is 0 Å². The molecule has 0 aliphatic carbocycles. The molecule has 0 aromatic carbocycles. The second-order valence-corrected chi connectivity index (χ2v) is 1.01. The fourth-order valence-electron chi connectivity index (χ4n) is 0.340. The van der Waals surface area contributed by atoms with Crippen molar-refractivity contribution in [3.63, 3.8) is 0 Å². The molecule has 0 spiro atoms. The van der Waals surface area contributed by atoms with Crippen molar-refractivity contribution in [3.8, 4) is 0 Å². The van der Waals surface area contributed by atoms with Gasteiger partial charge in [0.2, 0.25) is 0 Å². The minimum absolute atomic E-state index is 1.08. The van der Waals surface area contributed by atoms with Crippen LogP contribution in [0.5, 0.6) is 0 Å². The molecule has 1 aliphatic rings. The van der Waals surface area contributed by atoms with Crippen LogP contribution in [0.4, 0.5) is 0 Å². The fourth-order valence-corrected chi connectivity index (χ4v) is 0.340. The first-order valence-corrected chi connectivity index (χ1v) is 1.73. The van der Waals surface area contributed by atoms with Crippen molar-refractivity contribution in [2.24, 2.45) is 0 Å². The summed E-state index contributed by atoms with van der Waals surface area (Å²) >= 11 is 0. The quantitative estimate of drug-likeness (QED) is 0.347. The van der Waals surface area contributed by atoms with Crippen LogP contribution in [-0.4, -0.2) is 13.6 Å². The molecular weight excluding hydrogens is 57.7 g/mol. The first kappa shape index (κ1) is 3.08. The minimum atomic E-state index is 1.08. The summed E-state index contributed by atoms with van der Waals surface area (Å²) in [6.45, 7) is 4.00. The fraction of sp³-hybridized carbons (Fsp3) is 0.333. The predicted octanol–water partition coefficient (Wildman–Crippen LogP) is 0.0586. The van der Waals surface area contributed by atoms with Gasteiger partial charge in [0.1, 0.15) is 0 Å². The molecule has 0 nitrogen and oxygen atoms in total. The van der Waals surface area contributed by atoms with Crippen molar-refractivity contribution in [3.05, 3.63) is 12.1 Å². The molecule has 21 valence electrons. The first-order chi connectivity index (χ1) is 2.50. The van der Waals surface area contributed by atoms with E-state index in [2.05, 4.69) is 12.8 Å². The molecule has 2 heteroatoms. The van der Waals surface area contributed by atoms with Crippen molar-refractivity contribution in [1.29, 1.82) is 0 Å². The Morgan fingerprint density at radius 1 is 1.80 bits per heavy atom. The van der Waals surface area contributed by atoms with Crippen LogP contribution >= 0.6 is 0 Å². The van der Waals surface area contributed by atoms with E-state index in [0.29, 0.717) is 0 Å². The number of hydrogen-bond donors (Lipinski definition) is 0. The number of rotatable bonds is 0. The van der Waals surface area contributed by atoms with Crippen molar-refractivity contribution < 1.29 is 0 Å². The van der Waals surface area contributed by atoms with E-state index in [0.717, 1.165) is 6.32 Å². The molecule has 0 amide bonds. The molecule has 0 saturated heterocycles. The van der Waals surface area contributed by atoms with Gasteiger partial charge in [0, 0.05) is 0 Å². The summed E-state index contributed by atoms with van der Waals surface area (Å²) in [7, 11) is 0. The summed E-state index contributed by atoms with van der Waals surface area (Å²) in [4.78, 5) is 0. The van der Waals surface area contributed by atoms with E-state index >= 15 is 0 Å². The van der Waals surface area contributed by atoms with Crippen molar-refractivity contribution in [2.45, 2.75) is 6.32 Å². The Hall–Kier alpha value is -0.130. The third kappa shape index (κ3) is 0.571. The summed E-state index contributed by atoms with van der Waals surface area (Å²) in [5, 5.41) is 0. The molecule has 0 saturated carbocycles. The third-order valence-electron chi connectivity index (χ3n) is 0.586. The monoisotopic (exact) mass is 61.0 g/mol. The Morgan fingerprint density at radius 2 is 2.80 bits per heavy atom. The molecule has 5 heavy (non-hydrogen) atoms. The molecule has 0 unspecified atom stereocenters. The zero-order chi connectivity index (χ0) is 3.54. The van der Waals surface area contributed by atoms with E-state index < -0.39 is 0 Å². The number of allylic oxidation sites excluding steroid dienone is 1. The van der Waals surface area contributed by atoms with Gasteiger partial charge in [-0.1, -0.05) is 0 Å². The van der Waals surface area contributed by atoms with Gasteiger partial charge in [-0.05, 0) is 0 Å². The average molecular weight is 60.7 g/mol. The van der Waals surface area contributed by atoms with E-state index in [4.69, 9.17) is 0 Å². The molecule has 1 heterocycles. The molecule has 0 aromatic rings. The number of hydrogen-bond acceptors (Lipinski definition) is 0. The zero-order valence-corrected chi connectivity index (χ0v) is 2.94. The topological polar surface area (TPSA) is 0 Å². The van der Waals surface area contributed by atoms with Crippen LogP contribution < -0.4 is 0 Å². The van der Waals surface area contributed by atoms with E-state index in [1.807, 2.05) is 12.9 Å². The normalized spacial score (nSPS) is 14.4. The molecular formula is C3H3B2. The second-order valence-electron chi connectivity index (χ2n) is 1.01. The Morgan fingerprint density at radius 3 is 3.00 bits per heavy atom. The molecule has 0 N–H and O–H groups in total. The van der Waals surface area contributed by atoms with Crippen molar-refractivity contribution >= 4 is 13.6 Å². The molecule has 0 atom stereocenters. The van der Waals surface area contributed by atoms with Gasteiger partial charge in [0.15, 0.2) is 0 Å². The Kier molecular flexibility index (Phi) is 0.827. The molecule has 1 aliphatic heterocycles. The van der Waals surface area contributed by atoms with E-state index in [9.17, 15) is 0 Å².